The Morgan fingerprint density at radius 1 is 1.17 bits per heavy atom. The topological polar surface area (TPSA) is 79.4 Å². The van der Waals surface area contributed by atoms with Crippen LogP contribution in [0.5, 0.6) is 0 Å². The maximum absolute atomic E-state index is 12.8. The van der Waals surface area contributed by atoms with Gasteiger partial charge in [0, 0.05) is 19.3 Å². The van der Waals surface area contributed by atoms with Crippen molar-refractivity contribution in [2.45, 2.75) is 60.2 Å². The zero-order valence-corrected chi connectivity index (χ0v) is 18.7. The van der Waals surface area contributed by atoms with E-state index in [9.17, 15) is 13.2 Å². The van der Waals surface area contributed by atoms with Gasteiger partial charge in [0.15, 0.2) is 0 Å². The quantitative estimate of drug-likeness (QED) is 0.688. The second-order valence-corrected chi connectivity index (χ2v) is 11.2. The van der Waals surface area contributed by atoms with Gasteiger partial charge in [-0.25, -0.2) is 13.4 Å². The van der Waals surface area contributed by atoms with Gasteiger partial charge >= 0.3 is 0 Å². The van der Waals surface area contributed by atoms with Gasteiger partial charge in [-0.3, -0.25) is 4.79 Å². The Balaban J connectivity index is 1.38. The number of hydrogen-bond donors (Lipinski definition) is 1. The molecule has 1 aliphatic carbocycles. The summed E-state index contributed by atoms with van der Waals surface area (Å²) in [5.41, 5.74) is 2.52. The molecule has 1 N–H and O–H groups in total. The van der Waals surface area contributed by atoms with Gasteiger partial charge in [0.25, 0.3) is 0 Å². The fourth-order valence-corrected chi connectivity index (χ4v) is 6.35. The van der Waals surface area contributed by atoms with Crippen LogP contribution >= 0.6 is 11.8 Å². The molecule has 2 heterocycles. The molecule has 0 radical (unpaired) electrons. The van der Waals surface area contributed by atoms with Crippen molar-refractivity contribution in [2.24, 2.45) is 0 Å². The Kier molecular flexibility index (Phi) is 6.46. The van der Waals surface area contributed by atoms with Crippen molar-refractivity contribution in [1.29, 1.82) is 0 Å². The van der Waals surface area contributed by atoms with E-state index in [1.807, 2.05) is 19.1 Å². The van der Waals surface area contributed by atoms with E-state index in [-0.39, 0.29) is 22.1 Å². The summed E-state index contributed by atoms with van der Waals surface area (Å²) < 4.78 is 26.7. The first kappa shape index (κ1) is 21.3. The van der Waals surface area contributed by atoms with E-state index in [4.69, 9.17) is 0 Å². The molecule has 2 aliphatic rings. The highest BCUT2D eigenvalue weighted by Gasteiger charge is 2.28. The van der Waals surface area contributed by atoms with Crippen LogP contribution < -0.4 is 5.32 Å². The summed E-state index contributed by atoms with van der Waals surface area (Å²) in [4.78, 5) is 17.3. The van der Waals surface area contributed by atoms with Crippen LogP contribution in [0.3, 0.4) is 0 Å². The summed E-state index contributed by atoms with van der Waals surface area (Å²) in [5.74, 6) is -0.0303. The number of carbonyl (C=O) groups is 1. The summed E-state index contributed by atoms with van der Waals surface area (Å²) in [6.07, 6.45) is 6.28. The summed E-state index contributed by atoms with van der Waals surface area (Å²) in [6.45, 7) is 2.99. The molecule has 1 aromatic heterocycles. The highest BCUT2D eigenvalue weighted by atomic mass is 32.2. The number of sulfonamides is 1. The molecule has 1 amide bonds. The monoisotopic (exact) mass is 445 g/mol. The van der Waals surface area contributed by atoms with E-state index in [2.05, 4.69) is 22.4 Å². The number of nitrogens with one attached hydrogen (secondary N) is 1. The zero-order valence-electron chi connectivity index (χ0n) is 17.1. The summed E-state index contributed by atoms with van der Waals surface area (Å²) in [6, 6.07) is 11.6. The number of fused-ring (bicyclic) bond motifs is 1. The fourth-order valence-electron chi connectivity index (χ4n) is 4.09. The SMILES string of the molecule is C[C@H](Sc1ccc(S(=O)(=O)N2CCCC2)cn1)C(=O)N[C@@H]1CCCc2ccccc21. The van der Waals surface area contributed by atoms with Crippen molar-refractivity contribution in [1.82, 2.24) is 14.6 Å². The van der Waals surface area contributed by atoms with E-state index in [0.29, 0.717) is 18.1 Å². The van der Waals surface area contributed by atoms with Gasteiger partial charge in [0.1, 0.15) is 4.90 Å². The van der Waals surface area contributed by atoms with Gasteiger partial charge in [-0.1, -0.05) is 36.0 Å². The number of aryl methyl sites for hydroxylation is 1. The predicted octanol–water partition coefficient (Wildman–Crippen LogP) is 3.54. The van der Waals surface area contributed by atoms with Gasteiger partial charge in [0.05, 0.1) is 16.3 Å². The Morgan fingerprint density at radius 2 is 1.93 bits per heavy atom. The molecular weight excluding hydrogens is 418 g/mol. The van der Waals surface area contributed by atoms with Crippen LogP contribution in [0.4, 0.5) is 0 Å². The maximum Gasteiger partial charge on any atom is 0.244 e. The highest BCUT2D eigenvalue weighted by Crippen LogP contribution is 2.30. The lowest BCUT2D eigenvalue weighted by atomic mass is 9.88. The van der Waals surface area contributed by atoms with Crippen molar-refractivity contribution in [3.63, 3.8) is 0 Å². The molecule has 4 rings (SSSR count). The Labute approximate surface area is 182 Å². The molecule has 0 bridgehead atoms. The number of amides is 1. The second kappa shape index (κ2) is 9.08. The molecule has 2 atom stereocenters. The first-order valence-corrected chi connectivity index (χ1v) is 12.8. The minimum absolute atomic E-state index is 0.0303. The number of aromatic nitrogens is 1. The lowest BCUT2D eigenvalue weighted by molar-refractivity contribution is -0.121. The van der Waals surface area contributed by atoms with E-state index in [0.717, 1.165) is 32.1 Å². The summed E-state index contributed by atoms with van der Waals surface area (Å²) >= 11 is 1.34. The van der Waals surface area contributed by atoms with Crippen LogP contribution in [-0.4, -0.2) is 42.0 Å². The number of hydrogen-bond acceptors (Lipinski definition) is 5. The number of thioether (sulfide) groups is 1. The molecule has 160 valence electrons. The largest absolute Gasteiger partial charge is 0.348 e. The van der Waals surface area contributed by atoms with Crippen LogP contribution in [0.2, 0.25) is 0 Å². The molecule has 0 unspecified atom stereocenters. The van der Waals surface area contributed by atoms with Gasteiger partial charge in [-0.2, -0.15) is 4.31 Å². The lowest BCUT2D eigenvalue weighted by Crippen LogP contribution is -2.35. The molecule has 1 aliphatic heterocycles. The number of nitrogens with zero attached hydrogens (tertiary/aromatic N) is 2. The van der Waals surface area contributed by atoms with Crippen LogP contribution in [0.25, 0.3) is 0 Å². The van der Waals surface area contributed by atoms with Gasteiger partial charge in [0.2, 0.25) is 15.9 Å². The minimum atomic E-state index is -3.47. The van der Waals surface area contributed by atoms with Crippen molar-refractivity contribution in [3.8, 4) is 0 Å². The van der Waals surface area contributed by atoms with E-state index in [1.165, 1.54) is 33.4 Å². The Bertz CT molecular complexity index is 1000. The van der Waals surface area contributed by atoms with Crippen molar-refractivity contribution < 1.29 is 13.2 Å². The average Bonchev–Trinajstić information content (AvgIpc) is 3.30. The molecule has 30 heavy (non-hydrogen) atoms. The molecule has 0 saturated carbocycles. The molecular formula is C22H27N3O3S2. The molecule has 1 aromatic carbocycles. The zero-order chi connectivity index (χ0) is 21.1. The number of rotatable bonds is 6. The second-order valence-electron chi connectivity index (χ2n) is 7.86. The Hall–Kier alpha value is -1.90. The first-order chi connectivity index (χ1) is 14.4. The van der Waals surface area contributed by atoms with E-state index >= 15 is 0 Å². The third-order valence-electron chi connectivity index (χ3n) is 5.76. The van der Waals surface area contributed by atoms with Gasteiger partial charge < -0.3 is 5.32 Å². The molecule has 2 aromatic rings. The standard InChI is InChI=1S/C22H27N3O3S2/c1-16(22(26)24-20-10-6-8-17-7-2-3-9-19(17)20)29-21-12-11-18(15-23-21)30(27,28)25-13-4-5-14-25/h2-3,7,9,11-12,15-16,20H,4-6,8,10,13-14H2,1H3,(H,24,26)/t16-,20+/m0/s1. The van der Waals surface area contributed by atoms with Gasteiger partial charge in [-0.05, 0) is 62.3 Å². The molecule has 8 heteroatoms. The number of benzene rings is 1. The average molecular weight is 446 g/mol. The molecule has 0 spiro atoms. The van der Waals surface area contributed by atoms with Crippen molar-refractivity contribution in [3.05, 3.63) is 53.7 Å². The normalized spacial score (nSPS) is 20.5. The third kappa shape index (κ3) is 4.55. The summed E-state index contributed by atoms with van der Waals surface area (Å²) in [7, 11) is -3.47. The third-order valence-corrected chi connectivity index (χ3v) is 8.70. The van der Waals surface area contributed by atoms with Gasteiger partial charge in [-0.15, -0.1) is 0 Å². The highest BCUT2D eigenvalue weighted by molar-refractivity contribution is 8.00. The maximum atomic E-state index is 12.8. The smallest absolute Gasteiger partial charge is 0.244 e. The summed E-state index contributed by atoms with van der Waals surface area (Å²) in [5, 5.41) is 3.49. The van der Waals surface area contributed by atoms with Crippen molar-refractivity contribution in [2.75, 3.05) is 13.1 Å². The number of pyridine rings is 1. The Morgan fingerprint density at radius 3 is 2.67 bits per heavy atom. The lowest BCUT2D eigenvalue weighted by Gasteiger charge is -2.27. The number of carbonyl (C=O) groups excluding carboxylic acids is 1. The molecule has 1 saturated heterocycles. The minimum Gasteiger partial charge on any atom is -0.348 e. The van der Waals surface area contributed by atoms with E-state index in [1.54, 1.807) is 12.1 Å². The van der Waals surface area contributed by atoms with E-state index < -0.39 is 10.0 Å². The van der Waals surface area contributed by atoms with Crippen LogP contribution in [0.15, 0.2) is 52.5 Å². The molecule has 1 fully saturated rings. The van der Waals surface area contributed by atoms with Crippen LogP contribution in [-0.2, 0) is 21.2 Å². The van der Waals surface area contributed by atoms with Crippen LogP contribution in [0, 0.1) is 0 Å². The predicted molar refractivity (Wildman–Crippen MR) is 118 cm³/mol. The van der Waals surface area contributed by atoms with Crippen LogP contribution in [0.1, 0.15) is 49.8 Å². The van der Waals surface area contributed by atoms with Crippen molar-refractivity contribution >= 4 is 27.7 Å². The first-order valence-electron chi connectivity index (χ1n) is 10.5. The fraction of sp³-hybridized carbons (Fsp3) is 0.455. The molecule has 6 nitrogen and oxygen atoms in total.